The minimum atomic E-state index is 0.432. The summed E-state index contributed by atoms with van der Waals surface area (Å²) in [6.45, 7) is 2.13. The van der Waals surface area contributed by atoms with E-state index in [4.69, 9.17) is 0 Å². The maximum atomic E-state index is 4.32. The van der Waals surface area contributed by atoms with Crippen molar-refractivity contribution >= 4 is 16.5 Å². The number of nitrogens with zero attached hydrogens (tertiary/aromatic N) is 1. The predicted octanol–water partition coefficient (Wildman–Crippen LogP) is 4.01. The van der Waals surface area contributed by atoms with Crippen molar-refractivity contribution in [1.29, 1.82) is 0 Å². The molecule has 0 radical (unpaired) electrons. The summed E-state index contributed by atoms with van der Waals surface area (Å²) in [5.41, 5.74) is 2.70. The van der Waals surface area contributed by atoms with E-state index in [1.54, 1.807) is 11.3 Å². The van der Waals surface area contributed by atoms with Crippen molar-refractivity contribution in [1.82, 2.24) is 4.98 Å². The average Bonchev–Trinajstić information content (AvgIpc) is 3.05. The Labute approximate surface area is 106 Å². The van der Waals surface area contributed by atoms with Gasteiger partial charge in [0.15, 0.2) is 5.13 Å². The van der Waals surface area contributed by atoms with Gasteiger partial charge in [-0.25, -0.2) is 4.98 Å². The summed E-state index contributed by atoms with van der Waals surface area (Å²) in [6.07, 6.45) is 4.51. The second-order valence-corrected chi connectivity index (χ2v) is 5.60. The van der Waals surface area contributed by atoms with E-state index in [0.29, 0.717) is 6.04 Å². The van der Waals surface area contributed by atoms with Crippen molar-refractivity contribution in [3.8, 4) is 0 Å². The van der Waals surface area contributed by atoms with Gasteiger partial charge in [0.25, 0.3) is 0 Å². The summed E-state index contributed by atoms with van der Waals surface area (Å²) in [6, 6.07) is 9.28. The Hall–Kier alpha value is -1.35. The molecule has 1 aromatic carbocycles. The van der Waals surface area contributed by atoms with Gasteiger partial charge in [-0.3, -0.25) is 0 Å². The number of hydrogen-bond donors (Lipinski definition) is 1. The molecule has 1 N–H and O–H groups in total. The lowest BCUT2D eigenvalue weighted by molar-refractivity contribution is 0.678. The molecule has 0 bridgehead atoms. The van der Waals surface area contributed by atoms with Gasteiger partial charge in [0.1, 0.15) is 0 Å². The van der Waals surface area contributed by atoms with Gasteiger partial charge in [-0.1, -0.05) is 29.8 Å². The lowest BCUT2D eigenvalue weighted by Gasteiger charge is -2.18. The number of aryl methyl sites for hydroxylation is 1. The Kier molecular flexibility index (Phi) is 2.85. The lowest BCUT2D eigenvalue weighted by Crippen LogP contribution is -2.12. The SMILES string of the molecule is Cc1ccc(C(Nc2nccs2)C2CC2)cc1. The Balaban J connectivity index is 1.82. The van der Waals surface area contributed by atoms with E-state index in [1.165, 1.54) is 24.0 Å². The van der Waals surface area contributed by atoms with Gasteiger partial charge in [-0.05, 0) is 31.2 Å². The molecule has 1 saturated carbocycles. The molecule has 17 heavy (non-hydrogen) atoms. The molecule has 3 rings (SSSR count). The largest absolute Gasteiger partial charge is 0.354 e. The number of nitrogens with one attached hydrogen (secondary N) is 1. The van der Waals surface area contributed by atoms with Gasteiger partial charge < -0.3 is 5.32 Å². The quantitative estimate of drug-likeness (QED) is 0.878. The molecule has 1 aromatic heterocycles. The summed E-state index contributed by atoms with van der Waals surface area (Å²) in [4.78, 5) is 4.32. The van der Waals surface area contributed by atoms with Crippen LogP contribution in [0, 0.1) is 12.8 Å². The van der Waals surface area contributed by atoms with E-state index in [1.807, 2.05) is 11.6 Å². The molecule has 1 aliphatic carbocycles. The molecule has 1 atom stereocenters. The highest BCUT2D eigenvalue weighted by molar-refractivity contribution is 7.13. The standard InChI is InChI=1S/C14H16N2S/c1-10-2-4-11(5-3-10)13(12-6-7-12)16-14-15-8-9-17-14/h2-5,8-9,12-13H,6-7H2,1H3,(H,15,16). The number of anilines is 1. The molecule has 0 aliphatic heterocycles. The summed E-state index contributed by atoms with van der Waals surface area (Å²) >= 11 is 1.67. The van der Waals surface area contributed by atoms with Crippen molar-refractivity contribution < 1.29 is 0 Å². The average molecular weight is 244 g/mol. The van der Waals surface area contributed by atoms with Crippen molar-refractivity contribution in [3.05, 3.63) is 47.0 Å². The molecule has 0 amide bonds. The number of thiazole rings is 1. The first-order valence-corrected chi connectivity index (χ1v) is 6.93. The summed E-state index contributed by atoms with van der Waals surface area (Å²) in [5, 5.41) is 6.61. The van der Waals surface area contributed by atoms with Crippen LogP contribution < -0.4 is 5.32 Å². The molecule has 3 heteroatoms. The van der Waals surface area contributed by atoms with Crippen LogP contribution in [0.2, 0.25) is 0 Å². The molecular formula is C14H16N2S. The first-order valence-electron chi connectivity index (χ1n) is 6.05. The third kappa shape index (κ3) is 2.50. The van der Waals surface area contributed by atoms with Crippen LogP contribution in [-0.2, 0) is 0 Å². The highest BCUT2D eigenvalue weighted by Crippen LogP contribution is 2.43. The van der Waals surface area contributed by atoms with E-state index in [-0.39, 0.29) is 0 Å². The molecular weight excluding hydrogens is 228 g/mol. The number of rotatable bonds is 4. The zero-order valence-electron chi connectivity index (χ0n) is 9.89. The van der Waals surface area contributed by atoms with E-state index < -0.39 is 0 Å². The van der Waals surface area contributed by atoms with E-state index in [0.717, 1.165) is 11.0 Å². The van der Waals surface area contributed by atoms with E-state index >= 15 is 0 Å². The first-order chi connectivity index (χ1) is 8.33. The lowest BCUT2D eigenvalue weighted by atomic mass is 10.0. The van der Waals surface area contributed by atoms with Crippen LogP contribution in [0.4, 0.5) is 5.13 Å². The normalized spacial score (nSPS) is 16.8. The predicted molar refractivity (Wildman–Crippen MR) is 72.4 cm³/mol. The summed E-state index contributed by atoms with van der Waals surface area (Å²) < 4.78 is 0. The highest BCUT2D eigenvalue weighted by atomic mass is 32.1. The van der Waals surface area contributed by atoms with Crippen LogP contribution in [0.25, 0.3) is 0 Å². The minimum absolute atomic E-state index is 0.432. The maximum Gasteiger partial charge on any atom is 0.183 e. The molecule has 88 valence electrons. The number of benzene rings is 1. The maximum absolute atomic E-state index is 4.32. The zero-order chi connectivity index (χ0) is 11.7. The molecule has 2 nitrogen and oxygen atoms in total. The van der Waals surface area contributed by atoms with Crippen LogP contribution >= 0.6 is 11.3 Å². The Morgan fingerprint density at radius 2 is 2.06 bits per heavy atom. The summed E-state index contributed by atoms with van der Waals surface area (Å²) in [5.74, 6) is 0.779. The molecule has 1 fully saturated rings. The molecule has 1 aliphatic rings. The summed E-state index contributed by atoms with van der Waals surface area (Å²) in [7, 11) is 0. The second-order valence-electron chi connectivity index (χ2n) is 4.71. The molecule has 1 heterocycles. The molecule has 1 unspecified atom stereocenters. The first kappa shape index (κ1) is 10.8. The van der Waals surface area contributed by atoms with E-state index in [2.05, 4.69) is 41.5 Å². The number of aromatic nitrogens is 1. The van der Waals surface area contributed by atoms with Gasteiger partial charge >= 0.3 is 0 Å². The highest BCUT2D eigenvalue weighted by Gasteiger charge is 2.32. The van der Waals surface area contributed by atoms with Gasteiger partial charge in [0, 0.05) is 11.6 Å². The third-order valence-electron chi connectivity index (χ3n) is 3.24. The van der Waals surface area contributed by atoms with Crippen LogP contribution in [0.1, 0.15) is 30.0 Å². The van der Waals surface area contributed by atoms with Gasteiger partial charge in [0.05, 0.1) is 6.04 Å². The fourth-order valence-electron chi connectivity index (χ4n) is 2.10. The molecule has 0 spiro atoms. The Bertz CT molecular complexity index is 471. The topological polar surface area (TPSA) is 24.9 Å². The fourth-order valence-corrected chi connectivity index (χ4v) is 2.67. The van der Waals surface area contributed by atoms with Crippen molar-refractivity contribution in [2.24, 2.45) is 5.92 Å². The second kappa shape index (κ2) is 4.49. The fraction of sp³-hybridized carbons (Fsp3) is 0.357. The van der Waals surface area contributed by atoms with Crippen LogP contribution in [0.5, 0.6) is 0 Å². The number of hydrogen-bond acceptors (Lipinski definition) is 3. The van der Waals surface area contributed by atoms with Gasteiger partial charge in [-0.2, -0.15) is 0 Å². The third-order valence-corrected chi connectivity index (χ3v) is 3.95. The van der Waals surface area contributed by atoms with Crippen LogP contribution in [0.3, 0.4) is 0 Å². The van der Waals surface area contributed by atoms with Crippen LogP contribution in [0.15, 0.2) is 35.8 Å². The van der Waals surface area contributed by atoms with Crippen molar-refractivity contribution in [2.45, 2.75) is 25.8 Å². The Morgan fingerprint density at radius 3 is 2.65 bits per heavy atom. The van der Waals surface area contributed by atoms with E-state index in [9.17, 15) is 0 Å². The minimum Gasteiger partial charge on any atom is -0.354 e. The van der Waals surface area contributed by atoms with Crippen molar-refractivity contribution in [3.63, 3.8) is 0 Å². The molecule has 2 aromatic rings. The molecule has 0 saturated heterocycles. The van der Waals surface area contributed by atoms with Crippen molar-refractivity contribution in [2.75, 3.05) is 5.32 Å². The smallest absolute Gasteiger partial charge is 0.183 e. The monoisotopic (exact) mass is 244 g/mol. The van der Waals surface area contributed by atoms with Gasteiger partial charge in [-0.15, -0.1) is 11.3 Å². The van der Waals surface area contributed by atoms with Gasteiger partial charge in [0.2, 0.25) is 0 Å². The van der Waals surface area contributed by atoms with Crippen LogP contribution in [-0.4, -0.2) is 4.98 Å². The Morgan fingerprint density at radius 1 is 1.29 bits per heavy atom. The zero-order valence-corrected chi connectivity index (χ0v) is 10.7.